The molecule has 3 heterocycles. The van der Waals surface area contributed by atoms with E-state index < -0.39 is 0 Å². The number of carbonyl (C=O) groups is 1. The van der Waals surface area contributed by atoms with Gasteiger partial charge in [0.2, 0.25) is 5.91 Å². The number of amides is 1. The van der Waals surface area contributed by atoms with Crippen molar-refractivity contribution in [3.05, 3.63) is 18.0 Å². The van der Waals surface area contributed by atoms with E-state index in [-0.39, 0.29) is 12.0 Å². The maximum Gasteiger partial charge on any atom is 0.222 e. The topological polar surface area (TPSA) is 67.6 Å². The Hall–Kier alpha value is -1.40. The maximum atomic E-state index is 12.2. The second-order valence-electron chi connectivity index (χ2n) is 7.54. The molecular formula is C18H29N3O3. The van der Waals surface area contributed by atoms with E-state index in [1.54, 1.807) is 6.07 Å². The Morgan fingerprint density at radius 3 is 3.12 bits per heavy atom. The van der Waals surface area contributed by atoms with Crippen LogP contribution in [0.1, 0.15) is 38.8 Å². The Bertz CT molecular complexity index is 518. The second-order valence-corrected chi connectivity index (χ2v) is 7.54. The van der Waals surface area contributed by atoms with Crippen LogP contribution in [0.25, 0.3) is 0 Å². The van der Waals surface area contributed by atoms with E-state index >= 15 is 0 Å². The molecule has 0 radical (unpaired) electrons. The number of hydrogen-bond acceptors (Lipinski definition) is 5. The first-order valence-corrected chi connectivity index (χ1v) is 9.11. The molecule has 2 aliphatic heterocycles. The van der Waals surface area contributed by atoms with Gasteiger partial charge in [0.15, 0.2) is 0 Å². The highest BCUT2D eigenvalue weighted by molar-refractivity contribution is 5.76. The van der Waals surface area contributed by atoms with Gasteiger partial charge >= 0.3 is 0 Å². The SMILES string of the molecule is CC(C)CCN1CC[C@@H]2[C@@H](CO[C@H]2CC(=O)NCc2ccon2)C1. The second kappa shape index (κ2) is 8.12. The molecule has 6 nitrogen and oxygen atoms in total. The van der Waals surface area contributed by atoms with Gasteiger partial charge in [-0.2, -0.15) is 0 Å². The van der Waals surface area contributed by atoms with Crippen molar-refractivity contribution in [2.45, 2.75) is 45.8 Å². The summed E-state index contributed by atoms with van der Waals surface area (Å²) in [6.45, 7) is 9.20. The lowest BCUT2D eigenvalue weighted by atomic mass is 9.83. The Balaban J connectivity index is 1.41. The molecule has 2 saturated heterocycles. The predicted octanol–water partition coefficient (Wildman–Crippen LogP) is 2.06. The van der Waals surface area contributed by atoms with E-state index in [0.29, 0.717) is 24.8 Å². The lowest BCUT2D eigenvalue weighted by Crippen LogP contribution is -2.42. The average Bonchev–Trinajstić information content (AvgIpc) is 3.21. The van der Waals surface area contributed by atoms with Gasteiger partial charge in [-0.1, -0.05) is 19.0 Å². The fourth-order valence-electron chi connectivity index (χ4n) is 3.79. The molecule has 134 valence electrons. The van der Waals surface area contributed by atoms with Gasteiger partial charge < -0.3 is 19.5 Å². The van der Waals surface area contributed by atoms with Crippen LogP contribution in [0, 0.1) is 17.8 Å². The first-order chi connectivity index (χ1) is 11.6. The van der Waals surface area contributed by atoms with Crippen LogP contribution in [0.3, 0.4) is 0 Å². The van der Waals surface area contributed by atoms with E-state index in [4.69, 9.17) is 9.26 Å². The van der Waals surface area contributed by atoms with Crippen LogP contribution in [0.2, 0.25) is 0 Å². The number of aromatic nitrogens is 1. The molecule has 0 spiro atoms. The highest BCUT2D eigenvalue weighted by Gasteiger charge is 2.41. The largest absolute Gasteiger partial charge is 0.377 e. The van der Waals surface area contributed by atoms with E-state index in [0.717, 1.165) is 37.7 Å². The number of likely N-dealkylation sites (tertiary alicyclic amines) is 1. The minimum atomic E-state index is 0.0332. The molecule has 24 heavy (non-hydrogen) atoms. The third-order valence-electron chi connectivity index (χ3n) is 5.25. The summed E-state index contributed by atoms with van der Waals surface area (Å²) < 4.78 is 10.7. The Morgan fingerprint density at radius 1 is 1.50 bits per heavy atom. The number of carbonyl (C=O) groups excluding carboxylic acids is 1. The molecule has 0 bridgehead atoms. The Kier molecular flexibility index (Phi) is 5.89. The monoisotopic (exact) mass is 335 g/mol. The van der Waals surface area contributed by atoms with E-state index in [1.807, 2.05) is 0 Å². The molecular weight excluding hydrogens is 306 g/mol. The van der Waals surface area contributed by atoms with Gasteiger partial charge in [-0.15, -0.1) is 0 Å². The zero-order valence-electron chi connectivity index (χ0n) is 14.7. The summed E-state index contributed by atoms with van der Waals surface area (Å²) in [5.41, 5.74) is 0.743. The third-order valence-corrected chi connectivity index (χ3v) is 5.25. The number of fused-ring (bicyclic) bond motifs is 1. The van der Waals surface area contributed by atoms with Gasteiger partial charge in [0, 0.05) is 18.5 Å². The van der Waals surface area contributed by atoms with Crippen molar-refractivity contribution >= 4 is 5.91 Å². The summed E-state index contributed by atoms with van der Waals surface area (Å²) in [5, 5.41) is 6.69. The summed E-state index contributed by atoms with van der Waals surface area (Å²) in [5.74, 6) is 1.90. The average molecular weight is 335 g/mol. The molecule has 0 saturated carbocycles. The lowest BCUT2D eigenvalue weighted by Gasteiger charge is -2.35. The Labute approximate surface area is 143 Å². The first-order valence-electron chi connectivity index (χ1n) is 9.11. The minimum Gasteiger partial charge on any atom is -0.377 e. The smallest absolute Gasteiger partial charge is 0.222 e. The van der Waals surface area contributed by atoms with Crippen LogP contribution in [-0.2, 0) is 16.1 Å². The molecule has 1 aromatic rings. The zero-order chi connectivity index (χ0) is 16.9. The quantitative estimate of drug-likeness (QED) is 0.826. The molecule has 1 N–H and O–H groups in total. The van der Waals surface area contributed by atoms with E-state index in [1.165, 1.54) is 19.2 Å². The molecule has 0 unspecified atom stereocenters. The molecule has 0 aromatic carbocycles. The van der Waals surface area contributed by atoms with Gasteiger partial charge in [-0.25, -0.2) is 0 Å². The van der Waals surface area contributed by atoms with Gasteiger partial charge in [0.25, 0.3) is 0 Å². The molecule has 2 aliphatic rings. The van der Waals surface area contributed by atoms with Crippen molar-refractivity contribution in [3.63, 3.8) is 0 Å². The van der Waals surface area contributed by atoms with E-state index in [9.17, 15) is 4.79 Å². The first kappa shape index (κ1) is 17.4. The summed E-state index contributed by atoms with van der Waals surface area (Å²) in [6.07, 6.45) is 4.43. The number of piperidine rings is 1. The summed E-state index contributed by atoms with van der Waals surface area (Å²) >= 11 is 0. The van der Waals surface area contributed by atoms with Crippen molar-refractivity contribution in [3.8, 4) is 0 Å². The van der Waals surface area contributed by atoms with Crippen molar-refractivity contribution in [1.82, 2.24) is 15.4 Å². The van der Waals surface area contributed by atoms with Crippen LogP contribution in [-0.4, -0.2) is 48.3 Å². The fraction of sp³-hybridized carbons (Fsp3) is 0.778. The van der Waals surface area contributed by atoms with Crippen molar-refractivity contribution in [2.75, 3.05) is 26.2 Å². The summed E-state index contributed by atoms with van der Waals surface area (Å²) in [4.78, 5) is 14.7. The number of ether oxygens (including phenoxy) is 1. The Morgan fingerprint density at radius 2 is 2.38 bits per heavy atom. The fourth-order valence-corrected chi connectivity index (χ4v) is 3.79. The van der Waals surface area contributed by atoms with Crippen molar-refractivity contribution in [2.24, 2.45) is 17.8 Å². The summed E-state index contributed by atoms with van der Waals surface area (Å²) in [7, 11) is 0. The molecule has 2 fully saturated rings. The van der Waals surface area contributed by atoms with Crippen LogP contribution in [0.4, 0.5) is 0 Å². The van der Waals surface area contributed by atoms with Crippen molar-refractivity contribution < 1.29 is 14.1 Å². The van der Waals surface area contributed by atoms with Gasteiger partial charge in [-0.3, -0.25) is 4.79 Å². The molecule has 6 heteroatoms. The van der Waals surface area contributed by atoms with Gasteiger partial charge in [0.05, 0.1) is 25.7 Å². The number of nitrogens with one attached hydrogen (secondary N) is 1. The zero-order valence-corrected chi connectivity index (χ0v) is 14.7. The molecule has 1 aromatic heterocycles. The van der Waals surface area contributed by atoms with Crippen LogP contribution in [0.15, 0.2) is 16.9 Å². The van der Waals surface area contributed by atoms with Crippen molar-refractivity contribution in [1.29, 1.82) is 0 Å². The van der Waals surface area contributed by atoms with Gasteiger partial charge in [0.1, 0.15) is 12.0 Å². The maximum absolute atomic E-state index is 12.2. The van der Waals surface area contributed by atoms with E-state index in [2.05, 4.69) is 29.2 Å². The number of hydrogen-bond donors (Lipinski definition) is 1. The minimum absolute atomic E-state index is 0.0332. The molecule has 0 aliphatic carbocycles. The standard InChI is InChI=1S/C18H29N3O3/c1-13(2)3-6-21-7-4-16-14(11-21)12-23-17(16)9-18(22)19-10-15-5-8-24-20-15/h5,8,13-14,16-17H,3-4,6-7,9-12H2,1-2H3,(H,19,22)/t14-,16-,17+/m1/s1. The predicted molar refractivity (Wildman–Crippen MR) is 90.2 cm³/mol. The molecule has 1 amide bonds. The number of rotatable bonds is 7. The van der Waals surface area contributed by atoms with Gasteiger partial charge in [-0.05, 0) is 37.8 Å². The number of nitrogens with zero attached hydrogens (tertiary/aromatic N) is 2. The molecule has 3 rings (SSSR count). The highest BCUT2D eigenvalue weighted by Crippen LogP contribution is 2.35. The normalized spacial score (nSPS) is 27.4. The summed E-state index contributed by atoms with van der Waals surface area (Å²) in [6, 6.07) is 1.76. The van der Waals surface area contributed by atoms with Crippen LogP contribution >= 0.6 is 0 Å². The van der Waals surface area contributed by atoms with Crippen LogP contribution < -0.4 is 5.32 Å². The van der Waals surface area contributed by atoms with Crippen LogP contribution in [0.5, 0.6) is 0 Å². The third kappa shape index (κ3) is 4.57. The highest BCUT2D eigenvalue weighted by atomic mass is 16.5. The lowest BCUT2D eigenvalue weighted by molar-refractivity contribution is -0.124. The molecule has 3 atom stereocenters.